The molecule has 2 aromatic heterocycles. The van der Waals surface area contributed by atoms with Gasteiger partial charge >= 0.3 is 5.97 Å². The third kappa shape index (κ3) is 4.51. The van der Waals surface area contributed by atoms with Crippen LogP contribution in [0.15, 0.2) is 79.3 Å². The summed E-state index contributed by atoms with van der Waals surface area (Å²) >= 11 is 3.66. The number of hydrogen-bond acceptors (Lipinski definition) is 4. The van der Waals surface area contributed by atoms with E-state index in [1.165, 1.54) is 0 Å². The van der Waals surface area contributed by atoms with Crippen LogP contribution in [0.5, 0.6) is 0 Å². The number of aromatic carboxylic acids is 1. The third-order valence-electron chi connectivity index (χ3n) is 5.14. The molecule has 2 heterocycles. The first kappa shape index (κ1) is 20.8. The predicted molar refractivity (Wildman–Crippen MR) is 124 cm³/mol. The molecule has 0 amide bonds. The van der Waals surface area contributed by atoms with Crippen LogP contribution in [-0.2, 0) is 13.0 Å². The second kappa shape index (κ2) is 9.14. The fourth-order valence-electron chi connectivity index (χ4n) is 3.63. The summed E-state index contributed by atoms with van der Waals surface area (Å²) in [5, 5.41) is 14.1. The van der Waals surface area contributed by atoms with Crippen molar-refractivity contribution in [3.05, 3.63) is 107 Å². The number of halogens is 1. The Morgan fingerprint density at radius 3 is 2.58 bits per heavy atom. The van der Waals surface area contributed by atoms with E-state index in [9.17, 15) is 9.90 Å². The number of aryl methyl sites for hydroxylation is 1. The van der Waals surface area contributed by atoms with E-state index in [1.54, 1.807) is 24.5 Å². The van der Waals surface area contributed by atoms with Gasteiger partial charge in [0, 0.05) is 25.0 Å². The van der Waals surface area contributed by atoms with Gasteiger partial charge in [0.15, 0.2) is 0 Å². The number of rotatable bonds is 7. The Bertz CT molecular complexity index is 1210. The highest BCUT2D eigenvalue weighted by Gasteiger charge is 2.18. The van der Waals surface area contributed by atoms with Crippen LogP contribution in [0.3, 0.4) is 0 Å². The molecule has 2 aromatic carbocycles. The van der Waals surface area contributed by atoms with Crippen LogP contribution >= 0.6 is 16.1 Å². The van der Waals surface area contributed by atoms with Gasteiger partial charge in [-0.05, 0) is 53.4 Å². The number of nitrogens with zero attached hydrogens (tertiary/aromatic N) is 4. The molecular weight excluding hydrogens is 456 g/mol. The van der Waals surface area contributed by atoms with Gasteiger partial charge in [-0.15, -0.1) is 0 Å². The van der Waals surface area contributed by atoms with Crippen molar-refractivity contribution in [2.75, 3.05) is 3.93 Å². The molecule has 4 rings (SSSR count). The summed E-state index contributed by atoms with van der Waals surface area (Å²) in [6.45, 7) is 2.57. The molecule has 0 aliphatic carbocycles. The zero-order chi connectivity index (χ0) is 21.8. The highest BCUT2D eigenvalue weighted by atomic mass is 79.9. The van der Waals surface area contributed by atoms with Gasteiger partial charge in [-0.1, -0.05) is 36.4 Å². The minimum Gasteiger partial charge on any atom is -0.478 e. The van der Waals surface area contributed by atoms with Crippen LogP contribution < -0.4 is 3.93 Å². The lowest BCUT2D eigenvalue weighted by Crippen LogP contribution is -2.15. The average Bonchev–Trinajstić information content (AvgIpc) is 3.30. The first-order valence-electron chi connectivity index (χ1n) is 9.81. The smallest absolute Gasteiger partial charge is 0.335 e. The molecule has 7 heteroatoms. The fourth-order valence-corrected chi connectivity index (χ4v) is 4.27. The van der Waals surface area contributed by atoms with Crippen molar-refractivity contribution in [2.45, 2.75) is 19.9 Å². The molecule has 0 aliphatic rings. The van der Waals surface area contributed by atoms with Gasteiger partial charge in [-0.3, -0.25) is 3.93 Å². The lowest BCUT2D eigenvalue weighted by atomic mass is 9.94. The summed E-state index contributed by atoms with van der Waals surface area (Å²) in [6, 6.07) is 19.0. The summed E-state index contributed by atoms with van der Waals surface area (Å²) in [6.07, 6.45) is 5.85. The van der Waals surface area contributed by atoms with Crippen molar-refractivity contribution >= 4 is 27.9 Å². The average molecular weight is 477 g/mol. The Balaban J connectivity index is 1.79. The van der Waals surface area contributed by atoms with Gasteiger partial charge in [0.1, 0.15) is 5.82 Å². The van der Waals surface area contributed by atoms with E-state index in [0.717, 1.165) is 33.8 Å². The first-order chi connectivity index (χ1) is 15.0. The molecule has 0 bridgehead atoms. The summed E-state index contributed by atoms with van der Waals surface area (Å²) < 4.78 is 3.74. The molecular formula is C24H21BrN4O2. The van der Waals surface area contributed by atoms with E-state index in [2.05, 4.69) is 32.3 Å². The predicted octanol–water partition coefficient (Wildman–Crippen LogP) is 5.18. The maximum atomic E-state index is 11.8. The zero-order valence-electron chi connectivity index (χ0n) is 16.9. The molecule has 0 unspecified atom stereocenters. The van der Waals surface area contributed by atoms with Crippen LogP contribution in [0.4, 0.5) is 5.82 Å². The highest BCUT2D eigenvalue weighted by molar-refractivity contribution is 9.10. The van der Waals surface area contributed by atoms with Crippen LogP contribution in [0.2, 0.25) is 0 Å². The molecule has 0 atom stereocenters. The fraction of sp³-hybridized carbons (Fsp3) is 0.125. The SMILES string of the molecule is Cc1cccnc1N(Br)Cc1cccc(-n2cccn2)c1Cc1ccccc1C(=O)O. The summed E-state index contributed by atoms with van der Waals surface area (Å²) in [5.74, 6) is -0.0937. The molecule has 156 valence electrons. The van der Waals surface area contributed by atoms with E-state index >= 15 is 0 Å². The maximum absolute atomic E-state index is 11.8. The lowest BCUT2D eigenvalue weighted by Gasteiger charge is -2.21. The molecule has 6 nitrogen and oxygen atoms in total. The number of carboxylic acids is 1. The van der Waals surface area contributed by atoms with Gasteiger partial charge in [-0.25, -0.2) is 14.5 Å². The Morgan fingerprint density at radius 1 is 1.03 bits per heavy atom. The number of benzene rings is 2. The highest BCUT2D eigenvalue weighted by Crippen LogP contribution is 2.28. The van der Waals surface area contributed by atoms with Crippen molar-refractivity contribution in [3.8, 4) is 5.69 Å². The Hall–Kier alpha value is -3.45. The zero-order valence-corrected chi connectivity index (χ0v) is 18.5. The van der Waals surface area contributed by atoms with Crippen molar-refractivity contribution < 1.29 is 9.90 Å². The molecule has 4 aromatic rings. The van der Waals surface area contributed by atoms with Crippen LogP contribution in [0.1, 0.15) is 32.6 Å². The van der Waals surface area contributed by atoms with Crippen molar-refractivity contribution in [2.24, 2.45) is 0 Å². The normalized spacial score (nSPS) is 10.8. The summed E-state index contributed by atoms with van der Waals surface area (Å²) in [4.78, 5) is 16.3. The standard InChI is InChI=1S/C24H21BrN4O2/c1-17-7-5-12-26-23(17)28(25)16-19-9-4-11-22(29-14-6-13-27-29)21(19)15-18-8-2-3-10-20(18)24(30)31/h2-14H,15-16H2,1H3,(H,30,31). The van der Waals surface area contributed by atoms with Crippen LogP contribution in [-0.4, -0.2) is 25.8 Å². The number of carbonyl (C=O) groups is 1. The molecule has 0 saturated carbocycles. The van der Waals surface area contributed by atoms with Crippen molar-refractivity contribution in [1.29, 1.82) is 0 Å². The van der Waals surface area contributed by atoms with Gasteiger partial charge in [0.25, 0.3) is 0 Å². The Morgan fingerprint density at radius 2 is 1.84 bits per heavy atom. The molecule has 31 heavy (non-hydrogen) atoms. The maximum Gasteiger partial charge on any atom is 0.335 e. The third-order valence-corrected chi connectivity index (χ3v) is 5.72. The minimum atomic E-state index is -0.931. The lowest BCUT2D eigenvalue weighted by molar-refractivity contribution is 0.0696. The topological polar surface area (TPSA) is 71.2 Å². The summed E-state index contributed by atoms with van der Waals surface area (Å²) in [7, 11) is 0. The molecule has 1 N–H and O–H groups in total. The van der Waals surface area contributed by atoms with Crippen molar-refractivity contribution in [1.82, 2.24) is 14.8 Å². The molecule has 0 saturated heterocycles. The number of anilines is 1. The van der Waals surface area contributed by atoms with Crippen LogP contribution in [0, 0.1) is 6.92 Å². The van der Waals surface area contributed by atoms with E-state index in [1.807, 2.05) is 64.2 Å². The number of pyridine rings is 1. The van der Waals surface area contributed by atoms with E-state index in [4.69, 9.17) is 0 Å². The molecule has 0 spiro atoms. The van der Waals surface area contributed by atoms with Gasteiger partial charge < -0.3 is 5.11 Å². The van der Waals surface area contributed by atoms with E-state index < -0.39 is 5.97 Å². The summed E-state index contributed by atoms with van der Waals surface area (Å²) in [5.41, 5.74) is 5.10. The van der Waals surface area contributed by atoms with Gasteiger partial charge in [-0.2, -0.15) is 5.10 Å². The Kier molecular flexibility index (Phi) is 6.13. The van der Waals surface area contributed by atoms with E-state index in [0.29, 0.717) is 18.5 Å². The van der Waals surface area contributed by atoms with Gasteiger partial charge in [0.05, 0.1) is 33.9 Å². The molecule has 0 radical (unpaired) electrons. The van der Waals surface area contributed by atoms with Crippen LogP contribution in [0.25, 0.3) is 5.69 Å². The van der Waals surface area contributed by atoms with E-state index in [-0.39, 0.29) is 0 Å². The van der Waals surface area contributed by atoms with Crippen molar-refractivity contribution in [3.63, 3.8) is 0 Å². The van der Waals surface area contributed by atoms with Gasteiger partial charge in [0.2, 0.25) is 0 Å². The second-order valence-electron chi connectivity index (χ2n) is 7.17. The largest absolute Gasteiger partial charge is 0.478 e. The Labute approximate surface area is 189 Å². The second-order valence-corrected chi connectivity index (χ2v) is 8.02. The quantitative estimate of drug-likeness (QED) is 0.372. The number of carboxylic acid groups (broad SMARTS) is 1. The monoisotopic (exact) mass is 476 g/mol. The molecule has 0 fully saturated rings. The molecule has 0 aliphatic heterocycles. The minimum absolute atomic E-state index is 0.306. The number of aromatic nitrogens is 3. The number of hydrogen-bond donors (Lipinski definition) is 1. The first-order valence-corrected chi connectivity index (χ1v) is 10.5.